The van der Waals surface area contributed by atoms with Gasteiger partial charge in [0.05, 0.1) is 5.92 Å². The molecule has 2 unspecified atom stereocenters. The molecule has 1 heterocycles. The maximum absolute atomic E-state index is 13.3. The van der Waals surface area contributed by atoms with Gasteiger partial charge in [0.25, 0.3) is 0 Å². The van der Waals surface area contributed by atoms with Crippen molar-refractivity contribution < 1.29 is 24.2 Å². The Morgan fingerprint density at radius 1 is 1.09 bits per heavy atom. The first-order chi connectivity index (χ1) is 16.9. The number of fused-ring (bicyclic) bond motifs is 3. The minimum Gasteiger partial charge on any atom is -0.481 e. The van der Waals surface area contributed by atoms with Gasteiger partial charge < -0.3 is 20.1 Å². The van der Waals surface area contributed by atoms with Crippen LogP contribution < -0.4 is 5.32 Å². The summed E-state index contributed by atoms with van der Waals surface area (Å²) in [4.78, 5) is 39.2. The van der Waals surface area contributed by atoms with E-state index in [2.05, 4.69) is 29.6 Å². The molecule has 1 fully saturated rings. The number of ether oxygens (including phenoxy) is 1. The fourth-order valence-corrected chi connectivity index (χ4v) is 5.38. The average Bonchev–Trinajstić information content (AvgIpc) is 3.18. The number of likely N-dealkylation sites (tertiary alicyclic amines) is 1. The van der Waals surface area contributed by atoms with Crippen LogP contribution in [0.15, 0.2) is 48.5 Å². The van der Waals surface area contributed by atoms with Crippen molar-refractivity contribution in [3.63, 3.8) is 0 Å². The Hall–Kier alpha value is -3.35. The molecular formula is C28H34N2O5. The van der Waals surface area contributed by atoms with E-state index in [-0.39, 0.29) is 24.3 Å². The van der Waals surface area contributed by atoms with Crippen molar-refractivity contribution in [2.45, 2.75) is 51.5 Å². The lowest BCUT2D eigenvalue weighted by molar-refractivity contribution is -0.148. The highest BCUT2D eigenvalue weighted by atomic mass is 16.5. The van der Waals surface area contributed by atoms with E-state index in [0.717, 1.165) is 35.1 Å². The van der Waals surface area contributed by atoms with Gasteiger partial charge in [-0.05, 0) is 41.0 Å². The van der Waals surface area contributed by atoms with Crippen LogP contribution in [0.25, 0.3) is 11.1 Å². The van der Waals surface area contributed by atoms with E-state index in [1.807, 2.05) is 38.1 Å². The predicted octanol–water partition coefficient (Wildman–Crippen LogP) is 4.65. The maximum Gasteiger partial charge on any atom is 0.407 e. The van der Waals surface area contributed by atoms with Crippen LogP contribution in [0.4, 0.5) is 4.79 Å². The van der Waals surface area contributed by atoms with Crippen LogP contribution in [0.2, 0.25) is 0 Å². The SMILES string of the molecule is CCCC[C@H](NC(=O)OCC1c2ccccc2-c2ccccc21)C(=O)N1CCC(C(=O)O)C(C)C1. The Labute approximate surface area is 206 Å². The number of piperidine rings is 1. The number of carbonyl (C=O) groups excluding carboxylic acids is 2. The summed E-state index contributed by atoms with van der Waals surface area (Å²) < 4.78 is 5.66. The number of unbranched alkanes of at least 4 members (excludes halogenated alkanes) is 1. The zero-order chi connectivity index (χ0) is 24.9. The van der Waals surface area contributed by atoms with Crippen molar-refractivity contribution in [3.8, 4) is 11.1 Å². The van der Waals surface area contributed by atoms with Crippen LogP contribution in [0.3, 0.4) is 0 Å². The zero-order valence-electron chi connectivity index (χ0n) is 20.4. The number of hydrogen-bond acceptors (Lipinski definition) is 4. The summed E-state index contributed by atoms with van der Waals surface area (Å²) in [6.45, 7) is 4.85. The highest BCUT2D eigenvalue weighted by Gasteiger charge is 2.36. The number of carboxylic acid groups (broad SMARTS) is 1. The first kappa shape index (κ1) is 24.8. The molecule has 0 saturated carbocycles. The van der Waals surface area contributed by atoms with Gasteiger partial charge in [-0.3, -0.25) is 9.59 Å². The van der Waals surface area contributed by atoms with Gasteiger partial charge in [0.15, 0.2) is 0 Å². The maximum atomic E-state index is 13.3. The highest BCUT2D eigenvalue weighted by molar-refractivity contribution is 5.86. The minimum absolute atomic E-state index is 0.0474. The number of hydrogen-bond donors (Lipinski definition) is 2. The Balaban J connectivity index is 1.40. The van der Waals surface area contributed by atoms with Gasteiger partial charge in [0.1, 0.15) is 12.6 Å². The summed E-state index contributed by atoms with van der Waals surface area (Å²) in [5.74, 6) is -1.60. The molecule has 2 aromatic carbocycles. The molecule has 0 radical (unpaired) electrons. The van der Waals surface area contributed by atoms with E-state index in [1.54, 1.807) is 4.90 Å². The molecular weight excluding hydrogens is 444 g/mol. The molecule has 1 saturated heterocycles. The van der Waals surface area contributed by atoms with Crippen LogP contribution in [0.5, 0.6) is 0 Å². The van der Waals surface area contributed by atoms with E-state index in [1.165, 1.54) is 0 Å². The monoisotopic (exact) mass is 478 g/mol. The molecule has 0 aromatic heterocycles. The Morgan fingerprint density at radius 3 is 2.29 bits per heavy atom. The van der Waals surface area contributed by atoms with Crippen molar-refractivity contribution in [2.75, 3.05) is 19.7 Å². The summed E-state index contributed by atoms with van der Waals surface area (Å²) in [5, 5.41) is 12.2. The van der Waals surface area contributed by atoms with E-state index in [0.29, 0.717) is 25.9 Å². The van der Waals surface area contributed by atoms with Crippen LogP contribution in [0.1, 0.15) is 56.6 Å². The molecule has 2 N–H and O–H groups in total. The van der Waals surface area contributed by atoms with Crippen LogP contribution in [-0.2, 0) is 14.3 Å². The molecule has 4 rings (SSSR count). The summed E-state index contributed by atoms with van der Waals surface area (Å²) in [7, 11) is 0. The smallest absolute Gasteiger partial charge is 0.407 e. The van der Waals surface area contributed by atoms with Gasteiger partial charge in [-0.1, -0.05) is 75.2 Å². The van der Waals surface area contributed by atoms with Crippen molar-refractivity contribution in [3.05, 3.63) is 59.7 Å². The van der Waals surface area contributed by atoms with Gasteiger partial charge in [0, 0.05) is 19.0 Å². The minimum atomic E-state index is -0.816. The first-order valence-corrected chi connectivity index (χ1v) is 12.5. The third-order valence-electron chi connectivity index (χ3n) is 7.31. The fourth-order valence-electron chi connectivity index (χ4n) is 5.38. The lowest BCUT2D eigenvalue weighted by Gasteiger charge is -2.36. The standard InChI is InChI=1S/C28H34N2O5/c1-3-4-13-25(26(31)30-15-14-19(27(32)33)18(2)16-30)29-28(34)35-17-24-22-11-7-5-9-20(22)21-10-6-8-12-23(21)24/h5-12,18-19,24-25H,3-4,13-17H2,1-2H3,(H,29,34)(H,32,33)/t18?,19?,25-/m0/s1. The molecule has 1 aliphatic heterocycles. The lowest BCUT2D eigenvalue weighted by atomic mass is 9.86. The molecule has 186 valence electrons. The van der Waals surface area contributed by atoms with Crippen LogP contribution >= 0.6 is 0 Å². The predicted molar refractivity (Wildman–Crippen MR) is 133 cm³/mol. The Bertz CT molecular complexity index is 1040. The summed E-state index contributed by atoms with van der Waals surface area (Å²) >= 11 is 0. The van der Waals surface area contributed by atoms with Crippen LogP contribution in [-0.4, -0.2) is 53.7 Å². The number of alkyl carbamates (subject to hydrolysis) is 1. The second kappa shape index (κ2) is 10.9. The van der Waals surface area contributed by atoms with E-state index in [4.69, 9.17) is 4.74 Å². The number of rotatable bonds is 8. The zero-order valence-corrected chi connectivity index (χ0v) is 20.4. The van der Waals surface area contributed by atoms with Crippen molar-refractivity contribution in [2.24, 2.45) is 11.8 Å². The van der Waals surface area contributed by atoms with Gasteiger partial charge in [-0.15, -0.1) is 0 Å². The van der Waals surface area contributed by atoms with Crippen molar-refractivity contribution in [1.82, 2.24) is 10.2 Å². The summed E-state index contributed by atoms with van der Waals surface area (Å²) in [6, 6.07) is 15.6. The van der Waals surface area contributed by atoms with Crippen molar-refractivity contribution in [1.29, 1.82) is 0 Å². The quantitative estimate of drug-likeness (QED) is 0.576. The molecule has 0 spiro atoms. The molecule has 7 heteroatoms. The molecule has 2 amide bonds. The normalized spacial score (nSPS) is 20.0. The fraction of sp³-hybridized carbons (Fsp3) is 0.464. The summed E-state index contributed by atoms with van der Waals surface area (Å²) in [5.41, 5.74) is 4.59. The van der Waals surface area contributed by atoms with Crippen molar-refractivity contribution >= 4 is 18.0 Å². The van der Waals surface area contributed by atoms with E-state index < -0.39 is 24.0 Å². The van der Waals surface area contributed by atoms with Gasteiger partial charge >= 0.3 is 12.1 Å². The number of aliphatic carboxylic acids is 1. The first-order valence-electron chi connectivity index (χ1n) is 12.5. The second-order valence-electron chi connectivity index (χ2n) is 9.66. The lowest BCUT2D eigenvalue weighted by Crippen LogP contribution is -2.53. The molecule has 7 nitrogen and oxygen atoms in total. The second-order valence-corrected chi connectivity index (χ2v) is 9.66. The number of carboxylic acids is 1. The molecule has 2 aliphatic rings. The number of benzene rings is 2. The number of amides is 2. The van der Waals surface area contributed by atoms with Gasteiger partial charge in [-0.25, -0.2) is 4.79 Å². The third kappa shape index (κ3) is 5.34. The number of nitrogens with zero attached hydrogens (tertiary/aromatic N) is 1. The number of carbonyl (C=O) groups is 3. The third-order valence-corrected chi connectivity index (χ3v) is 7.31. The van der Waals surface area contributed by atoms with Crippen LogP contribution in [0, 0.1) is 11.8 Å². The topological polar surface area (TPSA) is 95.9 Å². The molecule has 3 atom stereocenters. The largest absolute Gasteiger partial charge is 0.481 e. The average molecular weight is 479 g/mol. The molecule has 0 bridgehead atoms. The number of nitrogens with one attached hydrogen (secondary N) is 1. The highest BCUT2D eigenvalue weighted by Crippen LogP contribution is 2.44. The molecule has 2 aromatic rings. The van der Waals surface area contributed by atoms with E-state index in [9.17, 15) is 19.5 Å². The Morgan fingerprint density at radius 2 is 1.71 bits per heavy atom. The Kier molecular flexibility index (Phi) is 7.73. The summed E-state index contributed by atoms with van der Waals surface area (Å²) in [6.07, 6.45) is 2.03. The molecule has 35 heavy (non-hydrogen) atoms. The van der Waals surface area contributed by atoms with Gasteiger partial charge in [0.2, 0.25) is 5.91 Å². The van der Waals surface area contributed by atoms with Gasteiger partial charge in [-0.2, -0.15) is 0 Å². The molecule has 1 aliphatic carbocycles. The van der Waals surface area contributed by atoms with E-state index >= 15 is 0 Å².